The van der Waals surface area contributed by atoms with Crippen LogP contribution in [0.1, 0.15) is 62.5 Å². The lowest BCUT2D eigenvalue weighted by molar-refractivity contribution is 0.651. The third kappa shape index (κ3) is 4.03. The maximum atomic E-state index is 4.88. The third-order valence-electron chi connectivity index (χ3n) is 4.99. The number of allylic oxidation sites excluding steroid dienone is 3. The molecule has 0 bridgehead atoms. The van der Waals surface area contributed by atoms with Gasteiger partial charge in [-0.15, -0.1) is 0 Å². The van der Waals surface area contributed by atoms with E-state index in [1.807, 2.05) is 18.5 Å². The molecule has 0 saturated carbocycles. The summed E-state index contributed by atoms with van der Waals surface area (Å²) in [4.78, 5) is 18.6. The fourth-order valence-electron chi connectivity index (χ4n) is 3.56. The summed E-state index contributed by atoms with van der Waals surface area (Å²) in [7, 11) is 0. The Bertz CT molecular complexity index is 732. The molecular weight excluding hydrogens is 310 g/mol. The molecule has 4 rings (SSSR count). The van der Waals surface area contributed by atoms with Crippen molar-refractivity contribution in [1.82, 2.24) is 9.97 Å². The van der Waals surface area contributed by atoms with Crippen LogP contribution in [0.4, 0.5) is 5.82 Å². The second-order valence-corrected chi connectivity index (χ2v) is 6.90. The van der Waals surface area contributed by atoms with Gasteiger partial charge in [-0.05, 0) is 50.2 Å². The van der Waals surface area contributed by atoms with Gasteiger partial charge in [0.1, 0.15) is 11.9 Å². The van der Waals surface area contributed by atoms with Crippen LogP contribution in [-0.4, -0.2) is 35.0 Å². The van der Waals surface area contributed by atoms with Crippen LogP contribution in [0.15, 0.2) is 34.3 Å². The summed E-state index contributed by atoms with van der Waals surface area (Å²) < 4.78 is 0. The van der Waals surface area contributed by atoms with Gasteiger partial charge in [-0.25, -0.2) is 9.97 Å². The van der Waals surface area contributed by atoms with Gasteiger partial charge < -0.3 is 5.32 Å². The van der Waals surface area contributed by atoms with E-state index < -0.39 is 0 Å². The zero-order chi connectivity index (χ0) is 16.9. The first-order valence-corrected chi connectivity index (χ1v) is 9.40. The molecule has 2 atom stereocenters. The van der Waals surface area contributed by atoms with E-state index in [-0.39, 0.29) is 6.04 Å². The molecular formula is C20H25N5. The van der Waals surface area contributed by atoms with Gasteiger partial charge >= 0.3 is 0 Å². The summed E-state index contributed by atoms with van der Waals surface area (Å²) in [5, 5.41) is 3.60. The van der Waals surface area contributed by atoms with E-state index >= 15 is 0 Å². The van der Waals surface area contributed by atoms with Gasteiger partial charge in [0.15, 0.2) is 5.82 Å². The molecule has 1 aliphatic carbocycles. The van der Waals surface area contributed by atoms with Gasteiger partial charge in [0, 0.05) is 37.5 Å². The fraction of sp³-hybridized carbons (Fsp3) is 0.500. The number of aliphatic imine (C=N–C) groups is 2. The monoisotopic (exact) mass is 335 g/mol. The number of anilines is 1. The van der Waals surface area contributed by atoms with Crippen molar-refractivity contribution in [2.45, 2.75) is 57.0 Å². The molecule has 2 aliphatic heterocycles. The highest BCUT2D eigenvalue weighted by atomic mass is 15.1. The molecule has 0 spiro atoms. The van der Waals surface area contributed by atoms with Crippen molar-refractivity contribution in [2.24, 2.45) is 9.98 Å². The van der Waals surface area contributed by atoms with E-state index in [0.29, 0.717) is 6.04 Å². The van der Waals surface area contributed by atoms with Crippen LogP contribution in [0.5, 0.6) is 0 Å². The SMILES string of the molecule is C1=CCC(c2nc(NC3CC=NCC3)cc(C3=CCCCC3)n2)N=C1. The quantitative estimate of drug-likeness (QED) is 0.899. The molecule has 1 aromatic heterocycles. The largest absolute Gasteiger partial charge is 0.367 e. The Morgan fingerprint density at radius 1 is 1.12 bits per heavy atom. The minimum absolute atomic E-state index is 0.0302. The van der Waals surface area contributed by atoms with Crippen LogP contribution in [0.2, 0.25) is 0 Å². The number of aromatic nitrogens is 2. The summed E-state index contributed by atoms with van der Waals surface area (Å²) in [5.74, 6) is 1.76. The van der Waals surface area contributed by atoms with E-state index in [9.17, 15) is 0 Å². The number of nitrogens with one attached hydrogen (secondary N) is 1. The molecule has 1 aromatic rings. The molecule has 2 unspecified atom stereocenters. The first kappa shape index (κ1) is 16.2. The standard InChI is InChI=1S/C20H25N5/c1-2-6-15(7-3-1)18-14-19(23-16-9-12-21-13-10-16)25-20(24-18)17-8-4-5-11-22-17/h4-6,11-12,14,16-17H,1-3,7-10,13H2,(H,23,24,25). The van der Waals surface area contributed by atoms with Gasteiger partial charge in [0.2, 0.25) is 0 Å². The van der Waals surface area contributed by atoms with Gasteiger partial charge in [0.05, 0.1) is 5.69 Å². The Morgan fingerprint density at radius 2 is 2.12 bits per heavy atom. The smallest absolute Gasteiger partial charge is 0.156 e. The van der Waals surface area contributed by atoms with Gasteiger partial charge in [0.25, 0.3) is 0 Å². The zero-order valence-corrected chi connectivity index (χ0v) is 14.6. The van der Waals surface area contributed by atoms with Crippen molar-refractivity contribution in [3.63, 3.8) is 0 Å². The van der Waals surface area contributed by atoms with Crippen molar-refractivity contribution < 1.29 is 0 Å². The highest BCUT2D eigenvalue weighted by Crippen LogP contribution is 2.29. The summed E-state index contributed by atoms with van der Waals surface area (Å²) in [6, 6.07) is 2.56. The van der Waals surface area contributed by atoms with Crippen LogP contribution < -0.4 is 5.32 Å². The zero-order valence-electron chi connectivity index (χ0n) is 14.6. The van der Waals surface area contributed by atoms with Crippen molar-refractivity contribution in [1.29, 1.82) is 0 Å². The lowest BCUT2D eigenvalue weighted by atomic mass is 9.96. The molecule has 3 aliphatic rings. The molecule has 0 saturated heterocycles. The second-order valence-electron chi connectivity index (χ2n) is 6.90. The Labute approximate surface area is 149 Å². The molecule has 0 radical (unpaired) electrons. The summed E-state index contributed by atoms with van der Waals surface area (Å²) in [5.41, 5.74) is 2.43. The highest BCUT2D eigenvalue weighted by molar-refractivity contribution is 5.72. The van der Waals surface area contributed by atoms with E-state index in [0.717, 1.165) is 56.0 Å². The van der Waals surface area contributed by atoms with Crippen molar-refractivity contribution in [3.8, 4) is 0 Å². The summed E-state index contributed by atoms with van der Waals surface area (Å²) in [6.07, 6.45) is 18.0. The highest BCUT2D eigenvalue weighted by Gasteiger charge is 2.19. The van der Waals surface area contributed by atoms with Gasteiger partial charge in [-0.3, -0.25) is 9.98 Å². The van der Waals surface area contributed by atoms with Crippen molar-refractivity contribution in [2.75, 3.05) is 11.9 Å². The van der Waals surface area contributed by atoms with Crippen LogP contribution in [0.25, 0.3) is 5.57 Å². The normalized spacial score (nSPS) is 25.7. The number of nitrogens with zero attached hydrogens (tertiary/aromatic N) is 4. The minimum atomic E-state index is 0.0302. The van der Waals surface area contributed by atoms with Crippen LogP contribution in [0, 0.1) is 0 Å². The van der Waals surface area contributed by atoms with Crippen LogP contribution in [-0.2, 0) is 0 Å². The minimum Gasteiger partial charge on any atom is -0.367 e. The number of hydrogen-bond acceptors (Lipinski definition) is 5. The molecule has 1 N–H and O–H groups in total. The lowest BCUT2D eigenvalue weighted by Crippen LogP contribution is -2.25. The Kier molecular flexibility index (Phi) is 5.00. The molecule has 130 valence electrons. The van der Waals surface area contributed by atoms with E-state index in [1.54, 1.807) is 0 Å². The Hall–Kier alpha value is -2.30. The number of dihydropyridines is 1. The second kappa shape index (κ2) is 7.72. The van der Waals surface area contributed by atoms with Crippen molar-refractivity contribution >= 4 is 23.8 Å². The molecule has 0 aromatic carbocycles. The molecule has 3 heterocycles. The van der Waals surface area contributed by atoms with Crippen LogP contribution >= 0.6 is 0 Å². The average molecular weight is 335 g/mol. The van der Waals surface area contributed by atoms with E-state index in [1.165, 1.54) is 18.4 Å². The van der Waals surface area contributed by atoms with Crippen LogP contribution in [0.3, 0.4) is 0 Å². The predicted molar refractivity (Wildman–Crippen MR) is 103 cm³/mol. The summed E-state index contributed by atoms with van der Waals surface area (Å²) >= 11 is 0. The Morgan fingerprint density at radius 3 is 2.88 bits per heavy atom. The first-order valence-electron chi connectivity index (χ1n) is 9.40. The predicted octanol–water partition coefficient (Wildman–Crippen LogP) is 4.15. The van der Waals surface area contributed by atoms with E-state index in [4.69, 9.17) is 9.97 Å². The average Bonchev–Trinajstić information content (AvgIpc) is 2.70. The number of rotatable bonds is 4. The lowest BCUT2D eigenvalue weighted by Gasteiger charge is -2.22. The maximum Gasteiger partial charge on any atom is 0.156 e. The molecule has 0 fully saturated rings. The first-order chi connectivity index (χ1) is 12.4. The number of hydrogen-bond donors (Lipinski definition) is 1. The fourth-order valence-corrected chi connectivity index (χ4v) is 3.56. The molecule has 25 heavy (non-hydrogen) atoms. The third-order valence-corrected chi connectivity index (χ3v) is 4.99. The molecule has 5 heteroatoms. The molecule has 0 amide bonds. The van der Waals surface area contributed by atoms with Crippen molar-refractivity contribution in [3.05, 3.63) is 35.8 Å². The topological polar surface area (TPSA) is 62.5 Å². The Balaban J connectivity index is 1.64. The van der Waals surface area contributed by atoms with E-state index in [2.05, 4.69) is 33.5 Å². The maximum absolute atomic E-state index is 4.88. The van der Waals surface area contributed by atoms with Gasteiger partial charge in [-0.1, -0.05) is 12.2 Å². The molecule has 5 nitrogen and oxygen atoms in total. The van der Waals surface area contributed by atoms with Gasteiger partial charge in [-0.2, -0.15) is 0 Å². The summed E-state index contributed by atoms with van der Waals surface area (Å²) in [6.45, 7) is 0.894.